The lowest BCUT2D eigenvalue weighted by molar-refractivity contribution is 0.101. The molecule has 0 aliphatic carbocycles. The first-order chi connectivity index (χ1) is 14.0. The Hall–Kier alpha value is -3.91. The van der Waals surface area contributed by atoms with E-state index in [9.17, 15) is 9.59 Å². The number of hydrogen-bond donors (Lipinski definition) is 2. The fraction of sp³-hybridized carbons (Fsp3) is 0.125. The van der Waals surface area contributed by atoms with Gasteiger partial charge in [0.2, 0.25) is 0 Å². The zero-order chi connectivity index (χ0) is 20.8. The minimum atomic E-state index is -0.286. The highest BCUT2D eigenvalue weighted by Gasteiger charge is 2.10. The molecule has 3 rings (SSSR count). The average molecular weight is 383 g/mol. The molecule has 5 nitrogen and oxygen atoms in total. The molecule has 2 amide bonds. The van der Waals surface area contributed by atoms with E-state index < -0.39 is 0 Å². The molecule has 0 heterocycles. The van der Waals surface area contributed by atoms with Gasteiger partial charge < -0.3 is 10.6 Å². The Labute approximate surface area is 170 Å². The molecule has 0 spiro atoms. The zero-order valence-corrected chi connectivity index (χ0v) is 16.3. The van der Waals surface area contributed by atoms with Gasteiger partial charge in [-0.2, -0.15) is 5.26 Å². The highest BCUT2D eigenvalue weighted by molar-refractivity contribution is 6.07. The van der Waals surface area contributed by atoms with Crippen molar-refractivity contribution in [3.05, 3.63) is 95.1 Å². The van der Waals surface area contributed by atoms with Gasteiger partial charge in [-0.25, -0.2) is 0 Å². The van der Waals surface area contributed by atoms with E-state index in [1.165, 1.54) is 5.56 Å². The molecule has 0 aliphatic heterocycles. The summed E-state index contributed by atoms with van der Waals surface area (Å²) in [5.41, 5.74) is 3.96. The number of carbonyl (C=O) groups excluding carboxylic acids is 2. The smallest absolute Gasteiger partial charge is 0.255 e. The van der Waals surface area contributed by atoms with Crippen LogP contribution in [0.4, 0.5) is 11.4 Å². The summed E-state index contributed by atoms with van der Waals surface area (Å²) < 4.78 is 0. The van der Waals surface area contributed by atoms with E-state index in [-0.39, 0.29) is 11.8 Å². The number of rotatable bonds is 5. The van der Waals surface area contributed by atoms with Crippen LogP contribution in [0.25, 0.3) is 0 Å². The van der Waals surface area contributed by atoms with Crippen molar-refractivity contribution in [1.82, 2.24) is 0 Å². The first-order valence-electron chi connectivity index (χ1n) is 9.29. The molecule has 0 atom stereocenters. The highest BCUT2D eigenvalue weighted by atomic mass is 16.2. The number of benzene rings is 3. The minimum Gasteiger partial charge on any atom is -0.322 e. The number of hydrogen-bond acceptors (Lipinski definition) is 3. The van der Waals surface area contributed by atoms with Gasteiger partial charge >= 0.3 is 0 Å². The first kappa shape index (κ1) is 19.8. The molecule has 29 heavy (non-hydrogen) atoms. The van der Waals surface area contributed by atoms with Crippen LogP contribution in [0.15, 0.2) is 72.8 Å². The minimum absolute atomic E-state index is 0.235. The van der Waals surface area contributed by atoms with Crippen LogP contribution in [-0.2, 0) is 0 Å². The van der Waals surface area contributed by atoms with Crippen LogP contribution in [0.3, 0.4) is 0 Å². The number of carbonyl (C=O) groups is 2. The second-order valence-corrected chi connectivity index (χ2v) is 6.95. The Balaban J connectivity index is 1.63. The molecular formula is C24H21N3O2. The van der Waals surface area contributed by atoms with Gasteiger partial charge in [0.1, 0.15) is 0 Å². The number of nitrogens with zero attached hydrogens (tertiary/aromatic N) is 1. The second-order valence-electron chi connectivity index (χ2n) is 6.95. The van der Waals surface area contributed by atoms with Crippen molar-refractivity contribution in [2.45, 2.75) is 19.8 Å². The van der Waals surface area contributed by atoms with E-state index in [1.54, 1.807) is 48.5 Å². The van der Waals surface area contributed by atoms with Crippen LogP contribution >= 0.6 is 0 Å². The van der Waals surface area contributed by atoms with Crippen molar-refractivity contribution in [3.63, 3.8) is 0 Å². The van der Waals surface area contributed by atoms with Crippen LogP contribution < -0.4 is 10.6 Å². The van der Waals surface area contributed by atoms with Crippen LogP contribution in [0, 0.1) is 11.3 Å². The van der Waals surface area contributed by atoms with Gasteiger partial charge in [0.25, 0.3) is 11.8 Å². The standard InChI is InChI=1S/C24H21N3O2/c1-16(2)18-9-13-22(14-10-18)27-24(29)20-7-5-19(6-8-20)23(28)26-21-11-3-17(15-25)4-12-21/h3-14,16H,1-2H3,(H,26,28)(H,27,29). The number of amides is 2. The Kier molecular flexibility index (Phi) is 6.06. The van der Waals surface area contributed by atoms with Crippen LogP contribution in [0.2, 0.25) is 0 Å². The molecular weight excluding hydrogens is 362 g/mol. The van der Waals surface area contributed by atoms with Crippen molar-refractivity contribution in [3.8, 4) is 6.07 Å². The fourth-order valence-corrected chi connectivity index (χ4v) is 2.76. The molecule has 0 aromatic heterocycles. The number of anilines is 2. The maximum absolute atomic E-state index is 12.4. The SMILES string of the molecule is CC(C)c1ccc(NC(=O)c2ccc(C(=O)Nc3ccc(C#N)cc3)cc2)cc1. The monoisotopic (exact) mass is 383 g/mol. The number of nitriles is 1. The predicted octanol–water partition coefficient (Wildman–Crippen LogP) is 5.19. The normalized spacial score (nSPS) is 10.3. The maximum Gasteiger partial charge on any atom is 0.255 e. The molecule has 3 aromatic carbocycles. The summed E-state index contributed by atoms with van der Waals surface area (Å²) in [6.45, 7) is 4.24. The maximum atomic E-state index is 12.4. The molecule has 144 valence electrons. The van der Waals surface area contributed by atoms with Gasteiger partial charge in [-0.15, -0.1) is 0 Å². The molecule has 0 saturated heterocycles. The largest absolute Gasteiger partial charge is 0.322 e. The van der Waals surface area contributed by atoms with Crippen molar-refractivity contribution in [2.75, 3.05) is 10.6 Å². The lowest BCUT2D eigenvalue weighted by Gasteiger charge is -2.09. The van der Waals surface area contributed by atoms with Crippen LogP contribution in [-0.4, -0.2) is 11.8 Å². The lowest BCUT2D eigenvalue weighted by Crippen LogP contribution is -2.14. The summed E-state index contributed by atoms with van der Waals surface area (Å²) >= 11 is 0. The van der Waals surface area contributed by atoms with E-state index in [2.05, 4.69) is 24.5 Å². The van der Waals surface area contributed by atoms with Crippen molar-refractivity contribution >= 4 is 23.2 Å². The van der Waals surface area contributed by atoms with E-state index >= 15 is 0 Å². The second kappa shape index (κ2) is 8.85. The van der Waals surface area contributed by atoms with Crippen LogP contribution in [0.5, 0.6) is 0 Å². The molecule has 2 N–H and O–H groups in total. The third-order valence-corrected chi connectivity index (χ3v) is 4.52. The summed E-state index contributed by atoms with van der Waals surface area (Å²) in [4.78, 5) is 24.8. The van der Waals surface area contributed by atoms with Crippen LogP contribution in [0.1, 0.15) is 51.6 Å². The summed E-state index contributed by atoms with van der Waals surface area (Å²) in [5, 5.41) is 14.4. The molecule has 0 aliphatic rings. The first-order valence-corrected chi connectivity index (χ1v) is 9.29. The summed E-state index contributed by atoms with van der Waals surface area (Å²) in [5.74, 6) is -0.0880. The van der Waals surface area contributed by atoms with Gasteiger partial charge in [-0.1, -0.05) is 26.0 Å². The Bertz CT molecular complexity index is 1050. The van der Waals surface area contributed by atoms with E-state index in [0.29, 0.717) is 28.3 Å². The molecule has 5 heteroatoms. The quantitative estimate of drug-likeness (QED) is 0.636. The lowest BCUT2D eigenvalue weighted by atomic mass is 10.0. The molecule has 3 aromatic rings. The third kappa shape index (κ3) is 5.08. The fourth-order valence-electron chi connectivity index (χ4n) is 2.76. The molecule has 0 bridgehead atoms. The van der Waals surface area contributed by atoms with Gasteiger partial charge in [-0.05, 0) is 72.1 Å². The predicted molar refractivity (Wildman–Crippen MR) is 114 cm³/mol. The van der Waals surface area contributed by atoms with E-state index in [1.807, 2.05) is 30.3 Å². The summed E-state index contributed by atoms with van der Waals surface area (Å²) in [6.07, 6.45) is 0. The molecule has 0 unspecified atom stereocenters. The molecule has 0 fully saturated rings. The van der Waals surface area contributed by atoms with Gasteiger partial charge in [0, 0.05) is 22.5 Å². The Morgan fingerprint density at radius 3 is 1.52 bits per heavy atom. The van der Waals surface area contributed by atoms with E-state index in [0.717, 1.165) is 5.69 Å². The van der Waals surface area contributed by atoms with Gasteiger partial charge in [0.05, 0.1) is 11.6 Å². The average Bonchev–Trinajstić information content (AvgIpc) is 2.74. The van der Waals surface area contributed by atoms with Crippen molar-refractivity contribution in [1.29, 1.82) is 5.26 Å². The summed E-state index contributed by atoms with van der Waals surface area (Å²) in [7, 11) is 0. The topological polar surface area (TPSA) is 82.0 Å². The van der Waals surface area contributed by atoms with E-state index in [4.69, 9.17) is 5.26 Å². The highest BCUT2D eigenvalue weighted by Crippen LogP contribution is 2.18. The summed E-state index contributed by atoms with van der Waals surface area (Å²) in [6, 6.07) is 22.8. The van der Waals surface area contributed by atoms with Crippen molar-refractivity contribution < 1.29 is 9.59 Å². The van der Waals surface area contributed by atoms with Crippen molar-refractivity contribution in [2.24, 2.45) is 0 Å². The van der Waals surface area contributed by atoms with Gasteiger partial charge in [0.15, 0.2) is 0 Å². The zero-order valence-electron chi connectivity index (χ0n) is 16.3. The van der Waals surface area contributed by atoms with Gasteiger partial charge in [-0.3, -0.25) is 9.59 Å². The molecule has 0 radical (unpaired) electrons. The molecule has 0 saturated carbocycles. The number of nitrogens with one attached hydrogen (secondary N) is 2. The third-order valence-electron chi connectivity index (χ3n) is 4.52. The Morgan fingerprint density at radius 2 is 1.14 bits per heavy atom. The Morgan fingerprint density at radius 1 is 0.724 bits per heavy atom.